The Hall–Kier alpha value is -1.30. The summed E-state index contributed by atoms with van der Waals surface area (Å²) >= 11 is 0. The fourth-order valence-corrected chi connectivity index (χ4v) is 1.16. The molecule has 0 amide bonds. The van der Waals surface area contributed by atoms with Crippen LogP contribution in [0.2, 0.25) is 0 Å². The molecule has 0 fully saturated rings. The smallest absolute Gasteiger partial charge is 0.257 e. The lowest BCUT2D eigenvalue weighted by Gasteiger charge is -2.12. The lowest BCUT2D eigenvalue weighted by Crippen LogP contribution is -2.20. The van der Waals surface area contributed by atoms with Gasteiger partial charge < -0.3 is 10.5 Å². The second-order valence-corrected chi connectivity index (χ2v) is 3.08. The van der Waals surface area contributed by atoms with Crippen LogP contribution in [-0.4, -0.2) is 19.7 Å². The Morgan fingerprint density at radius 1 is 1.31 bits per heavy atom. The largest absolute Gasteiger partial charge is 0.491 e. The van der Waals surface area contributed by atoms with E-state index < -0.39 is 25.0 Å². The predicted molar refractivity (Wildman–Crippen MR) is 50.8 cm³/mol. The highest BCUT2D eigenvalue weighted by Gasteiger charge is 2.21. The van der Waals surface area contributed by atoms with Gasteiger partial charge in [0.2, 0.25) is 0 Å². The van der Waals surface area contributed by atoms with Gasteiger partial charge in [0.25, 0.3) is 6.43 Å². The maximum absolute atomic E-state index is 13.3. The zero-order chi connectivity index (χ0) is 12.1. The molecular formula is C10H11F4NO. The van der Waals surface area contributed by atoms with E-state index in [1.165, 1.54) is 6.07 Å². The summed E-state index contributed by atoms with van der Waals surface area (Å²) in [5.74, 6) is -0.801. The Morgan fingerprint density at radius 2 is 2.00 bits per heavy atom. The van der Waals surface area contributed by atoms with Gasteiger partial charge >= 0.3 is 0 Å². The highest BCUT2D eigenvalue weighted by atomic mass is 19.3. The van der Waals surface area contributed by atoms with E-state index in [1.54, 1.807) is 0 Å². The molecule has 0 aromatic heterocycles. The van der Waals surface area contributed by atoms with Crippen molar-refractivity contribution in [3.05, 3.63) is 29.6 Å². The van der Waals surface area contributed by atoms with Crippen molar-refractivity contribution < 1.29 is 22.3 Å². The molecule has 0 aliphatic heterocycles. The van der Waals surface area contributed by atoms with E-state index in [1.807, 2.05) is 0 Å². The van der Waals surface area contributed by atoms with Crippen molar-refractivity contribution in [3.63, 3.8) is 0 Å². The highest BCUT2D eigenvalue weighted by Crippen LogP contribution is 2.24. The molecule has 2 nitrogen and oxygen atoms in total. The van der Waals surface area contributed by atoms with E-state index in [9.17, 15) is 17.6 Å². The maximum atomic E-state index is 13.3. The zero-order valence-electron chi connectivity index (χ0n) is 8.30. The molecule has 0 unspecified atom stereocenters. The van der Waals surface area contributed by atoms with Crippen LogP contribution in [0.15, 0.2) is 18.2 Å². The number of benzene rings is 1. The third kappa shape index (κ3) is 3.10. The van der Waals surface area contributed by atoms with Crippen LogP contribution in [0, 0.1) is 5.82 Å². The molecule has 16 heavy (non-hydrogen) atoms. The van der Waals surface area contributed by atoms with Gasteiger partial charge in [-0.05, 0) is 6.07 Å². The van der Waals surface area contributed by atoms with Crippen LogP contribution in [0.5, 0.6) is 5.75 Å². The molecule has 0 spiro atoms. The minimum atomic E-state index is -2.84. The van der Waals surface area contributed by atoms with E-state index in [0.717, 1.165) is 12.1 Å². The molecule has 0 saturated carbocycles. The molecule has 90 valence electrons. The Balaban J connectivity index is 2.82. The van der Waals surface area contributed by atoms with Crippen molar-refractivity contribution in [2.45, 2.75) is 12.5 Å². The van der Waals surface area contributed by atoms with Gasteiger partial charge in [-0.3, -0.25) is 0 Å². The van der Waals surface area contributed by atoms with Crippen LogP contribution in [0.4, 0.5) is 17.6 Å². The summed E-state index contributed by atoms with van der Waals surface area (Å²) in [5, 5.41) is 0. The summed E-state index contributed by atoms with van der Waals surface area (Å²) in [6, 6.07) is 1.62. The second-order valence-electron chi connectivity index (χ2n) is 3.08. The maximum Gasteiger partial charge on any atom is 0.257 e. The Bertz CT molecular complexity index is 346. The lowest BCUT2D eigenvalue weighted by molar-refractivity contribution is 0.114. The van der Waals surface area contributed by atoms with Gasteiger partial charge in [0, 0.05) is 11.6 Å². The lowest BCUT2D eigenvalue weighted by atomic mass is 10.1. The monoisotopic (exact) mass is 237 g/mol. The number of ether oxygens (including phenoxy) is 1. The third-order valence-electron chi connectivity index (χ3n) is 1.95. The van der Waals surface area contributed by atoms with Crippen LogP contribution in [0.25, 0.3) is 0 Å². The van der Waals surface area contributed by atoms with Crippen LogP contribution in [-0.2, 0) is 0 Å². The topological polar surface area (TPSA) is 35.2 Å². The van der Waals surface area contributed by atoms with Gasteiger partial charge in [-0.15, -0.1) is 0 Å². The number of hydrogen-bond acceptors (Lipinski definition) is 2. The van der Waals surface area contributed by atoms with Gasteiger partial charge in [0.05, 0.1) is 6.04 Å². The summed E-state index contributed by atoms with van der Waals surface area (Å²) in [4.78, 5) is 0. The second kappa shape index (κ2) is 5.69. The van der Waals surface area contributed by atoms with E-state index in [4.69, 9.17) is 10.5 Å². The molecule has 0 bridgehead atoms. The van der Waals surface area contributed by atoms with Gasteiger partial charge in [0.15, 0.2) is 0 Å². The molecule has 0 aliphatic rings. The highest BCUT2D eigenvalue weighted by molar-refractivity contribution is 5.31. The van der Waals surface area contributed by atoms with Crippen LogP contribution in [0.1, 0.15) is 11.6 Å². The molecular weight excluding hydrogens is 226 g/mol. The molecule has 0 saturated heterocycles. The van der Waals surface area contributed by atoms with Gasteiger partial charge in [-0.2, -0.15) is 0 Å². The van der Waals surface area contributed by atoms with E-state index in [-0.39, 0.29) is 17.9 Å². The first kappa shape index (κ1) is 12.8. The van der Waals surface area contributed by atoms with Crippen molar-refractivity contribution in [1.82, 2.24) is 0 Å². The first-order valence-corrected chi connectivity index (χ1v) is 4.58. The Labute approximate surface area is 90.0 Å². The predicted octanol–water partition coefficient (Wildman–Crippen LogP) is 2.44. The SMILES string of the molecule is N[C@H](c1ccc(OCCF)cc1F)C(F)F. The fourth-order valence-electron chi connectivity index (χ4n) is 1.16. The molecule has 1 aromatic carbocycles. The normalized spacial score (nSPS) is 12.9. The first-order valence-electron chi connectivity index (χ1n) is 4.58. The summed E-state index contributed by atoms with van der Waals surface area (Å²) in [6.07, 6.45) is -2.84. The summed E-state index contributed by atoms with van der Waals surface area (Å²) in [6.45, 7) is -0.917. The van der Waals surface area contributed by atoms with Crippen molar-refractivity contribution in [1.29, 1.82) is 0 Å². The molecule has 6 heteroatoms. The van der Waals surface area contributed by atoms with Crippen LogP contribution >= 0.6 is 0 Å². The van der Waals surface area contributed by atoms with E-state index in [2.05, 4.69) is 0 Å². The van der Waals surface area contributed by atoms with Crippen LogP contribution in [0.3, 0.4) is 0 Å². The number of nitrogens with two attached hydrogens (primary N) is 1. The van der Waals surface area contributed by atoms with Crippen LogP contribution < -0.4 is 10.5 Å². The van der Waals surface area contributed by atoms with Gasteiger partial charge in [0.1, 0.15) is 24.8 Å². The van der Waals surface area contributed by atoms with Crippen molar-refractivity contribution in [2.75, 3.05) is 13.3 Å². The molecule has 0 heterocycles. The summed E-state index contributed by atoms with van der Waals surface area (Å²) in [7, 11) is 0. The van der Waals surface area contributed by atoms with Gasteiger partial charge in [-0.25, -0.2) is 17.6 Å². The third-order valence-corrected chi connectivity index (χ3v) is 1.95. The minimum Gasteiger partial charge on any atom is -0.491 e. The Morgan fingerprint density at radius 3 is 2.50 bits per heavy atom. The fraction of sp³-hybridized carbons (Fsp3) is 0.400. The van der Waals surface area contributed by atoms with Crippen molar-refractivity contribution >= 4 is 0 Å². The molecule has 1 aromatic rings. The molecule has 1 atom stereocenters. The molecule has 0 radical (unpaired) electrons. The number of halogens is 4. The van der Waals surface area contributed by atoms with E-state index in [0.29, 0.717) is 0 Å². The average Bonchev–Trinajstić information content (AvgIpc) is 2.25. The van der Waals surface area contributed by atoms with Crippen molar-refractivity contribution in [2.24, 2.45) is 5.73 Å². The molecule has 0 aliphatic carbocycles. The number of alkyl halides is 3. The standard InChI is InChI=1S/C10H11F4NO/c11-3-4-16-6-1-2-7(8(12)5-6)9(15)10(13)14/h1-2,5,9-10H,3-4,15H2/t9-/m1/s1. The number of rotatable bonds is 5. The average molecular weight is 237 g/mol. The summed E-state index contributed by atoms with van der Waals surface area (Å²) in [5.41, 5.74) is 4.81. The van der Waals surface area contributed by atoms with Gasteiger partial charge in [-0.1, -0.05) is 6.07 Å². The Kier molecular flexibility index (Phi) is 4.54. The minimum absolute atomic E-state index is 0.0837. The first-order chi connectivity index (χ1) is 7.56. The molecule has 1 rings (SSSR count). The number of hydrogen-bond donors (Lipinski definition) is 1. The van der Waals surface area contributed by atoms with E-state index >= 15 is 0 Å². The quantitative estimate of drug-likeness (QED) is 0.798. The zero-order valence-corrected chi connectivity index (χ0v) is 8.30. The molecule has 2 N–H and O–H groups in total. The summed E-state index contributed by atoms with van der Waals surface area (Å²) < 4.78 is 54.3. The van der Waals surface area contributed by atoms with Crippen molar-refractivity contribution in [3.8, 4) is 5.75 Å².